The molecule has 0 aromatic heterocycles. The molecule has 0 spiro atoms. The van der Waals surface area contributed by atoms with Crippen LogP contribution in [0.25, 0.3) is 0 Å². The predicted octanol–water partition coefficient (Wildman–Crippen LogP) is 2.13. The van der Waals surface area contributed by atoms with Gasteiger partial charge in [-0.15, -0.1) is 0 Å². The summed E-state index contributed by atoms with van der Waals surface area (Å²) in [5.74, 6) is 0.744. The van der Waals surface area contributed by atoms with E-state index in [0.29, 0.717) is 13.2 Å². The molecule has 0 bridgehead atoms. The Bertz CT molecular complexity index is 360. The van der Waals surface area contributed by atoms with Crippen LogP contribution in [0.15, 0.2) is 24.3 Å². The lowest BCUT2D eigenvalue weighted by molar-refractivity contribution is -0.125. The van der Waals surface area contributed by atoms with Crippen LogP contribution in [0.2, 0.25) is 0 Å². The highest BCUT2D eigenvalue weighted by Gasteiger charge is 2.01. The van der Waals surface area contributed by atoms with Crippen LogP contribution in [0.1, 0.15) is 26.3 Å². The Hall–Kier alpha value is -1.55. The molecular formula is C14H21NO3. The molecule has 0 heterocycles. The highest BCUT2D eigenvalue weighted by Crippen LogP contribution is 2.13. The van der Waals surface area contributed by atoms with E-state index in [0.717, 1.165) is 11.3 Å². The summed E-state index contributed by atoms with van der Waals surface area (Å²) < 4.78 is 10.6. The number of carbonyl (C=O) groups excluding carboxylic acids is 1. The molecule has 1 amide bonds. The van der Waals surface area contributed by atoms with Crippen LogP contribution in [0, 0.1) is 0 Å². The second-order valence-electron chi connectivity index (χ2n) is 4.22. The molecule has 1 aromatic carbocycles. The van der Waals surface area contributed by atoms with Gasteiger partial charge in [-0.1, -0.05) is 12.1 Å². The summed E-state index contributed by atoms with van der Waals surface area (Å²) in [6, 6.07) is 7.70. The lowest BCUT2D eigenvalue weighted by Gasteiger charge is -2.10. The van der Waals surface area contributed by atoms with Crippen molar-refractivity contribution < 1.29 is 14.3 Å². The summed E-state index contributed by atoms with van der Waals surface area (Å²) in [5.41, 5.74) is 1.04. The predicted molar refractivity (Wildman–Crippen MR) is 70.5 cm³/mol. The summed E-state index contributed by atoms with van der Waals surface area (Å²) in [6.07, 6.45) is 0.168. The lowest BCUT2D eigenvalue weighted by atomic mass is 10.2. The monoisotopic (exact) mass is 251 g/mol. The molecule has 1 N–H and O–H groups in total. The number of hydrogen-bond acceptors (Lipinski definition) is 3. The van der Waals surface area contributed by atoms with Crippen molar-refractivity contribution in [2.75, 3.05) is 13.2 Å². The number of ether oxygens (including phenoxy) is 2. The maximum Gasteiger partial charge on any atom is 0.246 e. The first-order chi connectivity index (χ1) is 8.61. The Balaban J connectivity index is 2.37. The van der Waals surface area contributed by atoms with Gasteiger partial charge in [0.05, 0.1) is 6.10 Å². The van der Waals surface area contributed by atoms with Crippen molar-refractivity contribution in [3.63, 3.8) is 0 Å². The van der Waals surface area contributed by atoms with Crippen molar-refractivity contribution in [1.82, 2.24) is 5.32 Å². The van der Waals surface area contributed by atoms with E-state index < -0.39 is 0 Å². The molecule has 0 aliphatic rings. The van der Waals surface area contributed by atoms with Gasteiger partial charge >= 0.3 is 0 Å². The van der Waals surface area contributed by atoms with Crippen molar-refractivity contribution in [3.05, 3.63) is 29.8 Å². The number of carbonyl (C=O) groups is 1. The van der Waals surface area contributed by atoms with Crippen molar-refractivity contribution in [2.24, 2.45) is 0 Å². The number of hydrogen-bond donors (Lipinski definition) is 1. The summed E-state index contributed by atoms with van der Waals surface area (Å²) >= 11 is 0. The van der Waals surface area contributed by atoms with E-state index in [1.165, 1.54) is 0 Å². The molecule has 0 fully saturated rings. The van der Waals surface area contributed by atoms with E-state index >= 15 is 0 Å². The van der Waals surface area contributed by atoms with Gasteiger partial charge in [-0.2, -0.15) is 0 Å². The van der Waals surface area contributed by atoms with Crippen LogP contribution in [0.5, 0.6) is 5.75 Å². The fourth-order valence-electron chi connectivity index (χ4n) is 1.40. The molecule has 18 heavy (non-hydrogen) atoms. The van der Waals surface area contributed by atoms with E-state index in [-0.39, 0.29) is 18.6 Å². The maximum atomic E-state index is 11.3. The fraction of sp³-hybridized carbons (Fsp3) is 0.500. The Morgan fingerprint density at radius 3 is 2.50 bits per heavy atom. The zero-order valence-electron chi connectivity index (χ0n) is 11.2. The molecule has 1 rings (SSSR count). The van der Waals surface area contributed by atoms with Crippen molar-refractivity contribution in [2.45, 2.75) is 33.4 Å². The van der Waals surface area contributed by atoms with E-state index in [1.807, 2.05) is 45.0 Å². The first kappa shape index (κ1) is 14.5. The first-order valence-electron chi connectivity index (χ1n) is 6.22. The topological polar surface area (TPSA) is 47.6 Å². The molecule has 4 nitrogen and oxygen atoms in total. The molecule has 4 heteroatoms. The maximum absolute atomic E-state index is 11.3. The minimum absolute atomic E-state index is 0.0978. The van der Waals surface area contributed by atoms with E-state index in [9.17, 15) is 4.79 Å². The highest BCUT2D eigenvalue weighted by atomic mass is 16.5. The number of nitrogens with one attached hydrogen (secondary N) is 1. The standard InChI is InChI=1S/C14H21NO3/c1-4-17-10-14(16)15-9-12-5-7-13(8-6-12)18-11(2)3/h5-8,11H,4,9-10H2,1-3H3,(H,15,16). The van der Waals surface area contributed by atoms with Crippen LogP contribution < -0.4 is 10.1 Å². The van der Waals surface area contributed by atoms with Crippen molar-refractivity contribution in [3.8, 4) is 5.75 Å². The quantitative estimate of drug-likeness (QED) is 0.807. The summed E-state index contributed by atoms with van der Waals surface area (Å²) in [6.45, 7) is 7.01. The molecule has 0 atom stereocenters. The lowest BCUT2D eigenvalue weighted by Crippen LogP contribution is -2.27. The van der Waals surface area contributed by atoms with Crippen LogP contribution in [-0.4, -0.2) is 25.2 Å². The largest absolute Gasteiger partial charge is 0.491 e. The molecule has 0 aliphatic carbocycles. The average Bonchev–Trinajstić information content (AvgIpc) is 2.35. The summed E-state index contributed by atoms with van der Waals surface area (Å²) in [5, 5.41) is 2.79. The van der Waals surface area contributed by atoms with Crippen LogP contribution in [0.3, 0.4) is 0 Å². The number of benzene rings is 1. The van der Waals surface area contributed by atoms with E-state index in [1.54, 1.807) is 0 Å². The van der Waals surface area contributed by atoms with Gasteiger partial charge in [0.15, 0.2) is 0 Å². The number of rotatable bonds is 7. The minimum Gasteiger partial charge on any atom is -0.491 e. The second kappa shape index (κ2) is 7.71. The third-order valence-corrected chi connectivity index (χ3v) is 2.22. The molecule has 0 aliphatic heterocycles. The first-order valence-corrected chi connectivity index (χ1v) is 6.22. The highest BCUT2D eigenvalue weighted by molar-refractivity contribution is 5.77. The van der Waals surface area contributed by atoms with E-state index in [4.69, 9.17) is 9.47 Å². The Morgan fingerprint density at radius 1 is 1.28 bits per heavy atom. The molecule has 100 valence electrons. The molecule has 0 saturated heterocycles. The zero-order valence-corrected chi connectivity index (χ0v) is 11.2. The molecule has 0 saturated carbocycles. The average molecular weight is 251 g/mol. The van der Waals surface area contributed by atoms with Gasteiger partial charge in [0.25, 0.3) is 0 Å². The van der Waals surface area contributed by atoms with Crippen LogP contribution in [0.4, 0.5) is 0 Å². The van der Waals surface area contributed by atoms with Crippen molar-refractivity contribution in [1.29, 1.82) is 0 Å². The molecular weight excluding hydrogens is 230 g/mol. The summed E-state index contributed by atoms with van der Waals surface area (Å²) in [4.78, 5) is 11.3. The number of amides is 1. The SMILES string of the molecule is CCOCC(=O)NCc1ccc(OC(C)C)cc1. The smallest absolute Gasteiger partial charge is 0.246 e. The Kier molecular flexibility index (Phi) is 6.22. The van der Waals surface area contributed by atoms with E-state index in [2.05, 4.69) is 5.32 Å². The van der Waals surface area contributed by atoms with Crippen LogP contribution in [-0.2, 0) is 16.1 Å². The molecule has 0 unspecified atom stereocenters. The Labute approximate surface area is 108 Å². The molecule has 0 radical (unpaired) electrons. The Morgan fingerprint density at radius 2 is 1.94 bits per heavy atom. The summed E-state index contributed by atoms with van der Waals surface area (Å²) in [7, 11) is 0. The van der Waals surface area contributed by atoms with Crippen LogP contribution >= 0.6 is 0 Å². The van der Waals surface area contributed by atoms with Gasteiger partial charge in [0.1, 0.15) is 12.4 Å². The second-order valence-corrected chi connectivity index (χ2v) is 4.22. The molecule has 1 aromatic rings. The van der Waals surface area contributed by atoms with Gasteiger partial charge in [-0.25, -0.2) is 0 Å². The third-order valence-electron chi connectivity index (χ3n) is 2.22. The van der Waals surface area contributed by atoms with Gasteiger partial charge in [0, 0.05) is 13.2 Å². The van der Waals surface area contributed by atoms with Crippen molar-refractivity contribution >= 4 is 5.91 Å². The zero-order chi connectivity index (χ0) is 13.4. The minimum atomic E-state index is -0.0978. The normalized spacial score (nSPS) is 10.4. The van der Waals surface area contributed by atoms with Gasteiger partial charge in [-0.3, -0.25) is 4.79 Å². The fourth-order valence-corrected chi connectivity index (χ4v) is 1.40. The third kappa shape index (κ3) is 5.68. The van der Waals surface area contributed by atoms with Gasteiger partial charge < -0.3 is 14.8 Å². The van der Waals surface area contributed by atoms with Gasteiger partial charge in [0.2, 0.25) is 5.91 Å². The van der Waals surface area contributed by atoms with Gasteiger partial charge in [-0.05, 0) is 38.5 Å².